The summed E-state index contributed by atoms with van der Waals surface area (Å²) in [7, 11) is 0. The number of halogens is 1. The van der Waals surface area contributed by atoms with E-state index in [0.29, 0.717) is 23.7 Å². The van der Waals surface area contributed by atoms with E-state index in [1.807, 2.05) is 36.4 Å². The molecular formula is C17H18ClNO2. The highest BCUT2D eigenvalue weighted by molar-refractivity contribution is 6.17. The second-order valence-corrected chi connectivity index (χ2v) is 4.93. The standard InChI is InChI=1S/C17H18ClNO2/c1-2-9-21-16-8-4-7-15(11-16)19-17(20)14-6-3-5-13(10-14)12-18/h3-8,10-11H,2,9,12H2,1H3,(H,19,20). The van der Waals surface area contributed by atoms with Crippen LogP contribution in [0.15, 0.2) is 48.5 Å². The maximum atomic E-state index is 12.2. The zero-order valence-electron chi connectivity index (χ0n) is 11.9. The third kappa shape index (κ3) is 4.50. The first kappa shape index (κ1) is 15.4. The summed E-state index contributed by atoms with van der Waals surface area (Å²) in [4.78, 5) is 12.2. The Bertz CT molecular complexity index is 613. The molecule has 110 valence electrons. The van der Waals surface area contributed by atoms with Gasteiger partial charge in [0.05, 0.1) is 6.61 Å². The van der Waals surface area contributed by atoms with E-state index >= 15 is 0 Å². The van der Waals surface area contributed by atoms with Crippen molar-refractivity contribution in [3.05, 3.63) is 59.7 Å². The monoisotopic (exact) mass is 303 g/mol. The summed E-state index contributed by atoms with van der Waals surface area (Å²) in [5, 5.41) is 2.86. The molecule has 0 fully saturated rings. The predicted octanol–water partition coefficient (Wildman–Crippen LogP) is 4.47. The van der Waals surface area contributed by atoms with Crippen LogP contribution >= 0.6 is 11.6 Å². The van der Waals surface area contributed by atoms with Gasteiger partial charge in [-0.3, -0.25) is 4.79 Å². The minimum Gasteiger partial charge on any atom is -0.494 e. The van der Waals surface area contributed by atoms with Crippen LogP contribution in [-0.4, -0.2) is 12.5 Å². The number of carbonyl (C=O) groups excluding carboxylic acids is 1. The van der Waals surface area contributed by atoms with Crippen molar-refractivity contribution in [2.75, 3.05) is 11.9 Å². The zero-order chi connectivity index (χ0) is 15.1. The molecule has 0 aliphatic carbocycles. The molecule has 0 heterocycles. The van der Waals surface area contributed by atoms with Crippen LogP contribution < -0.4 is 10.1 Å². The SMILES string of the molecule is CCCOc1cccc(NC(=O)c2cccc(CCl)c2)c1. The minimum atomic E-state index is -0.158. The van der Waals surface area contributed by atoms with Gasteiger partial charge in [0.1, 0.15) is 5.75 Å². The lowest BCUT2D eigenvalue weighted by Gasteiger charge is -2.09. The molecule has 3 nitrogen and oxygen atoms in total. The predicted molar refractivity (Wildman–Crippen MR) is 86.2 cm³/mol. The van der Waals surface area contributed by atoms with Crippen molar-refractivity contribution in [2.24, 2.45) is 0 Å². The number of ether oxygens (including phenoxy) is 1. The molecule has 0 unspecified atom stereocenters. The van der Waals surface area contributed by atoms with Crippen molar-refractivity contribution in [1.82, 2.24) is 0 Å². The highest BCUT2D eigenvalue weighted by atomic mass is 35.5. The number of hydrogen-bond acceptors (Lipinski definition) is 2. The fraction of sp³-hybridized carbons (Fsp3) is 0.235. The molecule has 2 aromatic rings. The molecule has 0 saturated heterocycles. The Kier molecular flexibility index (Phi) is 5.64. The van der Waals surface area contributed by atoms with E-state index < -0.39 is 0 Å². The summed E-state index contributed by atoms with van der Waals surface area (Å²) in [6.45, 7) is 2.71. The molecule has 0 aromatic heterocycles. The third-order valence-corrected chi connectivity index (χ3v) is 3.22. The first-order valence-corrected chi connectivity index (χ1v) is 7.45. The molecule has 0 aliphatic heterocycles. The van der Waals surface area contributed by atoms with E-state index in [9.17, 15) is 4.79 Å². The van der Waals surface area contributed by atoms with Gasteiger partial charge in [-0.1, -0.05) is 25.1 Å². The van der Waals surface area contributed by atoms with Crippen LogP contribution in [0.25, 0.3) is 0 Å². The lowest BCUT2D eigenvalue weighted by atomic mass is 10.1. The molecular weight excluding hydrogens is 286 g/mol. The van der Waals surface area contributed by atoms with E-state index in [2.05, 4.69) is 12.2 Å². The van der Waals surface area contributed by atoms with Gasteiger partial charge >= 0.3 is 0 Å². The van der Waals surface area contributed by atoms with Crippen molar-refractivity contribution in [3.8, 4) is 5.75 Å². The molecule has 2 rings (SSSR count). The highest BCUT2D eigenvalue weighted by Crippen LogP contribution is 2.18. The van der Waals surface area contributed by atoms with Crippen LogP contribution in [0.4, 0.5) is 5.69 Å². The lowest BCUT2D eigenvalue weighted by Crippen LogP contribution is -2.12. The van der Waals surface area contributed by atoms with Crippen molar-refractivity contribution >= 4 is 23.2 Å². The number of anilines is 1. The van der Waals surface area contributed by atoms with Crippen LogP contribution in [0, 0.1) is 0 Å². The molecule has 0 radical (unpaired) electrons. The Hall–Kier alpha value is -2.00. The van der Waals surface area contributed by atoms with E-state index in [0.717, 1.165) is 17.7 Å². The van der Waals surface area contributed by atoms with E-state index in [1.54, 1.807) is 12.1 Å². The first-order valence-electron chi connectivity index (χ1n) is 6.92. The Morgan fingerprint density at radius 1 is 1.19 bits per heavy atom. The van der Waals surface area contributed by atoms with Gasteiger partial charge in [-0.2, -0.15) is 0 Å². The molecule has 0 saturated carbocycles. The number of benzene rings is 2. The molecule has 0 aliphatic rings. The second-order valence-electron chi connectivity index (χ2n) is 4.66. The number of alkyl halides is 1. The Balaban J connectivity index is 2.08. The fourth-order valence-electron chi connectivity index (χ4n) is 1.88. The maximum absolute atomic E-state index is 12.2. The molecule has 1 amide bonds. The van der Waals surface area contributed by atoms with Crippen molar-refractivity contribution in [2.45, 2.75) is 19.2 Å². The quantitative estimate of drug-likeness (QED) is 0.800. The number of hydrogen-bond donors (Lipinski definition) is 1. The summed E-state index contributed by atoms with van der Waals surface area (Å²) >= 11 is 5.78. The van der Waals surface area contributed by atoms with E-state index in [1.165, 1.54) is 0 Å². The van der Waals surface area contributed by atoms with Crippen LogP contribution in [0.5, 0.6) is 5.75 Å². The fourth-order valence-corrected chi connectivity index (χ4v) is 2.05. The molecule has 0 spiro atoms. The number of nitrogens with one attached hydrogen (secondary N) is 1. The normalized spacial score (nSPS) is 10.2. The molecule has 4 heteroatoms. The Labute approximate surface area is 129 Å². The van der Waals surface area contributed by atoms with E-state index in [-0.39, 0.29) is 5.91 Å². The van der Waals surface area contributed by atoms with Crippen LogP contribution in [0.3, 0.4) is 0 Å². The minimum absolute atomic E-state index is 0.158. The largest absolute Gasteiger partial charge is 0.494 e. The molecule has 21 heavy (non-hydrogen) atoms. The van der Waals surface area contributed by atoms with Crippen molar-refractivity contribution in [3.63, 3.8) is 0 Å². The summed E-state index contributed by atoms with van der Waals surface area (Å²) in [5.41, 5.74) is 2.22. The molecule has 2 aromatic carbocycles. The van der Waals surface area contributed by atoms with Gasteiger partial charge < -0.3 is 10.1 Å². The van der Waals surface area contributed by atoms with Gasteiger partial charge in [0.25, 0.3) is 5.91 Å². The van der Waals surface area contributed by atoms with Gasteiger partial charge in [0.15, 0.2) is 0 Å². The van der Waals surface area contributed by atoms with Crippen molar-refractivity contribution in [1.29, 1.82) is 0 Å². The topological polar surface area (TPSA) is 38.3 Å². The molecule has 0 atom stereocenters. The van der Waals surface area contributed by atoms with Crippen LogP contribution in [0.1, 0.15) is 29.3 Å². The molecule has 1 N–H and O–H groups in total. The van der Waals surface area contributed by atoms with E-state index in [4.69, 9.17) is 16.3 Å². The van der Waals surface area contributed by atoms with Crippen LogP contribution in [-0.2, 0) is 5.88 Å². The Morgan fingerprint density at radius 2 is 2.00 bits per heavy atom. The molecule has 0 bridgehead atoms. The van der Waals surface area contributed by atoms with Gasteiger partial charge in [-0.25, -0.2) is 0 Å². The van der Waals surface area contributed by atoms with Gasteiger partial charge in [-0.15, -0.1) is 11.6 Å². The van der Waals surface area contributed by atoms with Gasteiger partial charge in [0.2, 0.25) is 0 Å². The lowest BCUT2D eigenvalue weighted by molar-refractivity contribution is 0.102. The van der Waals surface area contributed by atoms with Gasteiger partial charge in [0, 0.05) is 23.2 Å². The highest BCUT2D eigenvalue weighted by Gasteiger charge is 2.07. The van der Waals surface area contributed by atoms with Crippen LogP contribution in [0.2, 0.25) is 0 Å². The average molecular weight is 304 g/mol. The van der Waals surface area contributed by atoms with Gasteiger partial charge in [-0.05, 0) is 36.2 Å². The summed E-state index contributed by atoms with van der Waals surface area (Å²) in [6.07, 6.45) is 0.946. The smallest absolute Gasteiger partial charge is 0.255 e. The first-order chi connectivity index (χ1) is 10.2. The Morgan fingerprint density at radius 3 is 2.76 bits per heavy atom. The zero-order valence-corrected chi connectivity index (χ0v) is 12.7. The number of carbonyl (C=O) groups is 1. The van der Waals surface area contributed by atoms with Crippen molar-refractivity contribution < 1.29 is 9.53 Å². The second kappa shape index (κ2) is 7.70. The number of amides is 1. The summed E-state index contributed by atoms with van der Waals surface area (Å²) in [5.74, 6) is 0.986. The summed E-state index contributed by atoms with van der Waals surface area (Å²) in [6, 6.07) is 14.7. The number of rotatable bonds is 6. The summed E-state index contributed by atoms with van der Waals surface area (Å²) < 4.78 is 5.55. The third-order valence-electron chi connectivity index (χ3n) is 2.91. The average Bonchev–Trinajstić information content (AvgIpc) is 2.53. The maximum Gasteiger partial charge on any atom is 0.255 e.